The number of benzene rings is 3. The van der Waals surface area contributed by atoms with Gasteiger partial charge in [-0.05, 0) is 37.4 Å². The van der Waals surface area contributed by atoms with Crippen LogP contribution in [0.25, 0.3) is 28.1 Å². The Balaban J connectivity index is 0.00000180. The van der Waals surface area contributed by atoms with Gasteiger partial charge in [0.25, 0.3) is 0 Å². The SMILES string of the molecule is CCN(CC)CCn1c2ccccc2n2c(C(=O)c3ccccc3)c(-c3ccc(Cl)cc3)nc12.Cl.Cl. The maximum atomic E-state index is 13.9. The van der Waals surface area contributed by atoms with Gasteiger partial charge < -0.3 is 9.47 Å². The van der Waals surface area contributed by atoms with Crippen molar-refractivity contribution >= 4 is 59.0 Å². The van der Waals surface area contributed by atoms with Crippen molar-refractivity contribution in [1.29, 1.82) is 0 Å². The first-order chi connectivity index (χ1) is 16.6. The molecule has 36 heavy (non-hydrogen) atoms. The Morgan fingerprint density at radius 1 is 0.861 bits per heavy atom. The van der Waals surface area contributed by atoms with Crippen LogP contribution < -0.4 is 0 Å². The summed E-state index contributed by atoms with van der Waals surface area (Å²) < 4.78 is 4.26. The quantitative estimate of drug-likeness (QED) is 0.197. The summed E-state index contributed by atoms with van der Waals surface area (Å²) >= 11 is 6.16. The largest absolute Gasteiger partial charge is 0.308 e. The second kappa shape index (κ2) is 11.9. The van der Waals surface area contributed by atoms with Gasteiger partial charge in [-0.2, -0.15) is 0 Å². The van der Waals surface area contributed by atoms with Crippen LogP contribution in [0.3, 0.4) is 0 Å². The molecule has 0 aliphatic carbocycles. The van der Waals surface area contributed by atoms with E-state index in [1.807, 2.05) is 71.1 Å². The van der Waals surface area contributed by atoms with Crippen molar-refractivity contribution in [2.75, 3.05) is 19.6 Å². The minimum absolute atomic E-state index is 0. The molecule has 0 fully saturated rings. The van der Waals surface area contributed by atoms with Crippen LogP contribution in [0.1, 0.15) is 29.9 Å². The molecule has 0 aliphatic heterocycles. The molecule has 5 rings (SSSR count). The molecule has 5 nitrogen and oxygen atoms in total. The maximum Gasteiger partial charge on any atom is 0.216 e. The van der Waals surface area contributed by atoms with Gasteiger partial charge in [0.1, 0.15) is 11.4 Å². The number of nitrogens with zero attached hydrogens (tertiary/aromatic N) is 4. The average Bonchev–Trinajstić information content (AvgIpc) is 3.40. The van der Waals surface area contributed by atoms with Crippen LogP contribution in [-0.4, -0.2) is 44.3 Å². The topological polar surface area (TPSA) is 42.5 Å². The van der Waals surface area contributed by atoms with E-state index in [0.29, 0.717) is 22.0 Å². The molecular formula is C28H29Cl3N4O. The lowest BCUT2D eigenvalue weighted by Crippen LogP contribution is -2.27. The highest BCUT2D eigenvalue weighted by atomic mass is 35.5. The summed E-state index contributed by atoms with van der Waals surface area (Å²) in [5.74, 6) is 0.724. The highest BCUT2D eigenvalue weighted by Crippen LogP contribution is 2.32. The van der Waals surface area contributed by atoms with Crippen LogP contribution in [0, 0.1) is 0 Å². The fourth-order valence-electron chi connectivity index (χ4n) is 4.55. The van der Waals surface area contributed by atoms with E-state index in [0.717, 1.165) is 48.6 Å². The molecular weight excluding hydrogens is 515 g/mol. The zero-order valence-electron chi connectivity index (χ0n) is 20.2. The highest BCUT2D eigenvalue weighted by Gasteiger charge is 2.26. The average molecular weight is 544 g/mol. The summed E-state index contributed by atoms with van der Waals surface area (Å²) in [7, 11) is 0. The Kier molecular flexibility index (Phi) is 9.20. The predicted octanol–water partition coefficient (Wildman–Crippen LogP) is 7.03. The summed E-state index contributed by atoms with van der Waals surface area (Å²) in [4.78, 5) is 21.4. The van der Waals surface area contributed by atoms with E-state index in [9.17, 15) is 4.79 Å². The van der Waals surface area contributed by atoms with Gasteiger partial charge in [0.2, 0.25) is 11.6 Å². The molecule has 3 aromatic carbocycles. The molecule has 0 saturated heterocycles. The molecule has 5 aromatic rings. The lowest BCUT2D eigenvalue weighted by atomic mass is 10.0. The molecule has 2 heterocycles. The van der Waals surface area contributed by atoms with E-state index < -0.39 is 0 Å². The van der Waals surface area contributed by atoms with Gasteiger partial charge in [0.15, 0.2) is 0 Å². The fraction of sp³-hybridized carbons (Fsp3) is 0.214. The number of rotatable bonds is 8. The summed E-state index contributed by atoms with van der Waals surface area (Å²) in [5, 5.41) is 0.651. The molecule has 0 unspecified atom stereocenters. The minimum atomic E-state index is -0.0512. The van der Waals surface area contributed by atoms with Crippen molar-refractivity contribution in [3.8, 4) is 11.3 Å². The molecule has 8 heteroatoms. The van der Waals surface area contributed by atoms with Gasteiger partial charge in [-0.15, -0.1) is 24.8 Å². The van der Waals surface area contributed by atoms with Crippen LogP contribution in [0.15, 0.2) is 78.9 Å². The number of para-hydroxylation sites is 2. The van der Waals surface area contributed by atoms with Crippen molar-refractivity contribution in [3.63, 3.8) is 0 Å². The van der Waals surface area contributed by atoms with Crippen LogP contribution in [0.5, 0.6) is 0 Å². The second-order valence-corrected chi connectivity index (χ2v) is 8.75. The van der Waals surface area contributed by atoms with Crippen LogP contribution in [-0.2, 0) is 6.54 Å². The smallest absolute Gasteiger partial charge is 0.216 e. The molecule has 188 valence electrons. The lowest BCUT2D eigenvalue weighted by molar-refractivity contribution is 0.103. The summed E-state index contributed by atoms with van der Waals surface area (Å²) in [6, 6.07) is 25.1. The van der Waals surface area contributed by atoms with Crippen molar-refractivity contribution in [3.05, 3.63) is 95.1 Å². The summed E-state index contributed by atoms with van der Waals surface area (Å²) in [6.45, 7) is 8.04. The number of hydrogen-bond donors (Lipinski definition) is 0. The molecule has 0 bridgehead atoms. The van der Waals surface area contributed by atoms with Crippen LogP contribution >= 0.6 is 36.4 Å². The number of carbonyl (C=O) groups is 1. The van der Waals surface area contributed by atoms with Gasteiger partial charge >= 0.3 is 0 Å². The zero-order valence-corrected chi connectivity index (χ0v) is 22.6. The Labute approximate surface area is 228 Å². The Morgan fingerprint density at radius 3 is 2.11 bits per heavy atom. The number of likely N-dealkylation sites (N-methyl/N-ethyl adjacent to an activating group) is 1. The Morgan fingerprint density at radius 2 is 1.47 bits per heavy atom. The number of carbonyl (C=O) groups excluding carboxylic acids is 1. The van der Waals surface area contributed by atoms with Crippen molar-refractivity contribution in [1.82, 2.24) is 18.9 Å². The predicted molar refractivity (Wildman–Crippen MR) is 153 cm³/mol. The first-order valence-corrected chi connectivity index (χ1v) is 12.1. The first kappa shape index (κ1) is 27.8. The van der Waals surface area contributed by atoms with Crippen molar-refractivity contribution in [2.45, 2.75) is 20.4 Å². The third-order valence-corrected chi connectivity index (χ3v) is 6.67. The maximum absolute atomic E-state index is 13.9. The van der Waals surface area contributed by atoms with E-state index >= 15 is 0 Å². The number of aromatic nitrogens is 3. The number of ketones is 1. The van der Waals surface area contributed by atoms with E-state index in [4.69, 9.17) is 16.6 Å². The summed E-state index contributed by atoms with van der Waals surface area (Å²) in [6.07, 6.45) is 0. The normalized spacial score (nSPS) is 11.0. The molecule has 0 aliphatic rings. The van der Waals surface area contributed by atoms with E-state index in [-0.39, 0.29) is 30.6 Å². The molecule has 0 saturated carbocycles. The molecule has 0 radical (unpaired) electrons. The Hall–Kier alpha value is -2.83. The number of fused-ring (bicyclic) bond motifs is 3. The number of imidazole rings is 2. The van der Waals surface area contributed by atoms with Crippen molar-refractivity contribution < 1.29 is 4.79 Å². The van der Waals surface area contributed by atoms with E-state index in [1.54, 1.807) is 0 Å². The van der Waals surface area contributed by atoms with E-state index in [2.05, 4.69) is 35.4 Å². The standard InChI is InChI=1S/C28H27ClN4O.2ClH/c1-3-31(4-2)18-19-32-23-12-8-9-13-24(23)33-26(27(34)21-10-6-5-7-11-21)25(30-28(32)33)20-14-16-22(29)17-15-20;;/h5-17H,3-4,18-19H2,1-2H3;2*1H. The highest BCUT2D eigenvalue weighted by molar-refractivity contribution is 6.30. The number of hydrogen-bond acceptors (Lipinski definition) is 3. The minimum Gasteiger partial charge on any atom is -0.308 e. The van der Waals surface area contributed by atoms with Gasteiger partial charge in [-0.25, -0.2) is 4.98 Å². The lowest BCUT2D eigenvalue weighted by Gasteiger charge is -2.18. The third kappa shape index (κ3) is 5.02. The molecule has 0 spiro atoms. The third-order valence-electron chi connectivity index (χ3n) is 6.42. The molecule has 2 aromatic heterocycles. The van der Waals surface area contributed by atoms with Gasteiger partial charge in [0.05, 0.1) is 11.0 Å². The first-order valence-electron chi connectivity index (χ1n) is 11.7. The Bertz CT molecular complexity index is 1460. The van der Waals surface area contributed by atoms with Gasteiger partial charge in [-0.1, -0.05) is 80.0 Å². The number of halogens is 3. The van der Waals surface area contributed by atoms with Crippen molar-refractivity contribution in [2.24, 2.45) is 0 Å². The van der Waals surface area contributed by atoms with Gasteiger partial charge in [-0.3, -0.25) is 9.20 Å². The zero-order chi connectivity index (χ0) is 23.7. The second-order valence-electron chi connectivity index (χ2n) is 8.31. The van der Waals surface area contributed by atoms with Gasteiger partial charge in [0, 0.05) is 29.2 Å². The van der Waals surface area contributed by atoms with Crippen LogP contribution in [0.2, 0.25) is 5.02 Å². The fourth-order valence-corrected chi connectivity index (χ4v) is 4.68. The molecule has 0 amide bonds. The molecule has 0 atom stereocenters. The summed E-state index contributed by atoms with van der Waals surface area (Å²) in [5.41, 5.74) is 4.79. The molecule has 0 N–H and O–H groups in total. The monoisotopic (exact) mass is 542 g/mol. The van der Waals surface area contributed by atoms with E-state index in [1.165, 1.54) is 0 Å². The van der Waals surface area contributed by atoms with Crippen LogP contribution in [0.4, 0.5) is 0 Å².